The van der Waals surface area contributed by atoms with Gasteiger partial charge in [-0.15, -0.1) is 0 Å². The predicted octanol–water partition coefficient (Wildman–Crippen LogP) is 2.78. The molecule has 0 saturated carbocycles. The maximum absolute atomic E-state index is 12.2. The number of hydrogen-bond donors (Lipinski definition) is 2. The Kier molecular flexibility index (Phi) is 6.29. The summed E-state index contributed by atoms with van der Waals surface area (Å²) < 4.78 is 0. The Balaban J connectivity index is 1.90. The summed E-state index contributed by atoms with van der Waals surface area (Å²) >= 11 is 0. The van der Waals surface area contributed by atoms with Gasteiger partial charge in [0, 0.05) is 12.2 Å². The van der Waals surface area contributed by atoms with Crippen molar-refractivity contribution in [3.05, 3.63) is 64.7 Å². The summed E-state index contributed by atoms with van der Waals surface area (Å²) in [5, 5.41) is 22.0. The number of aryl methyl sites for hydroxylation is 1. The SMILES string of the molecule is Cc1cccc(NC(=O)CN(C)CC(O)c2ccc(C#N)cc2)c1C. The van der Waals surface area contributed by atoms with E-state index in [9.17, 15) is 9.90 Å². The first-order valence-electron chi connectivity index (χ1n) is 8.13. The number of anilines is 1. The van der Waals surface area contributed by atoms with E-state index < -0.39 is 6.10 Å². The number of hydrogen-bond acceptors (Lipinski definition) is 4. The molecule has 130 valence electrons. The summed E-state index contributed by atoms with van der Waals surface area (Å²) in [6.45, 7) is 4.49. The molecule has 0 fully saturated rings. The second-order valence-electron chi connectivity index (χ2n) is 6.24. The van der Waals surface area contributed by atoms with Gasteiger partial charge in [0.25, 0.3) is 0 Å². The fourth-order valence-electron chi connectivity index (χ4n) is 2.57. The lowest BCUT2D eigenvalue weighted by Crippen LogP contribution is -2.33. The van der Waals surface area contributed by atoms with Crippen LogP contribution >= 0.6 is 0 Å². The molecule has 1 atom stereocenters. The summed E-state index contributed by atoms with van der Waals surface area (Å²) in [7, 11) is 1.79. The number of amides is 1. The zero-order chi connectivity index (χ0) is 18.4. The van der Waals surface area contributed by atoms with Crippen LogP contribution in [0.3, 0.4) is 0 Å². The van der Waals surface area contributed by atoms with Gasteiger partial charge in [0.05, 0.1) is 24.3 Å². The Bertz CT molecular complexity index is 779. The van der Waals surface area contributed by atoms with Gasteiger partial charge in [-0.3, -0.25) is 9.69 Å². The maximum Gasteiger partial charge on any atom is 0.238 e. The molecular formula is C20H23N3O2. The number of aliphatic hydroxyl groups excluding tert-OH is 1. The van der Waals surface area contributed by atoms with Crippen LogP contribution in [0.1, 0.15) is 28.4 Å². The number of nitrogens with one attached hydrogen (secondary N) is 1. The van der Waals surface area contributed by atoms with E-state index in [1.807, 2.05) is 38.1 Å². The molecule has 0 aromatic heterocycles. The number of carbonyl (C=O) groups is 1. The summed E-state index contributed by atoms with van der Waals surface area (Å²) in [6.07, 6.45) is -0.716. The normalized spacial score (nSPS) is 11.8. The van der Waals surface area contributed by atoms with Crippen LogP contribution in [0.25, 0.3) is 0 Å². The smallest absolute Gasteiger partial charge is 0.238 e. The van der Waals surface area contributed by atoms with E-state index in [1.165, 1.54) is 0 Å². The lowest BCUT2D eigenvalue weighted by atomic mass is 10.1. The third kappa shape index (κ3) is 5.15. The van der Waals surface area contributed by atoms with E-state index in [-0.39, 0.29) is 12.5 Å². The monoisotopic (exact) mass is 337 g/mol. The summed E-state index contributed by atoms with van der Waals surface area (Å²) in [5.41, 5.74) is 4.27. The number of rotatable bonds is 6. The minimum atomic E-state index is -0.716. The highest BCUT2D eigenvalue weighted by Crippen LogP contribution is 2.18. The zero-order valence-corrected chi connectivity index (χ0v) is 14.8. The van der Waals surface area contributed by atoms with Crippen molar-refractivity contribution in [2.75, 3.05) is 25.5 Å². The predicted molar refractivity (Wildman–Crippen MR) is 98.2 cm³/mol. The molecule has 5 heteroatoms. The largest absolute Gasteiger partial charge is 0.387 e. The van der Waals surface area contributed by atoms with Crippen LogP contribution in [0, 0.1) is 25.2 Å². The van der Waals surface area contributed by atoms with Gasteiger partial charge < -0.3 is 10.4 Å². The first-order chi connectivity index (χ1) is 11.9. The van der Waals surface area contributed by atoms with Crippen molar-refractivity contribution in [2.45, 2.75) is 20.0 Å². The van der Waals surface area contributed by atoms with Crippen molar-refractivity contribution in [1.82, 2.24) is 4.90 Å². The standard InChI is InChI=1S/C20H23N3O2/c1-14-5-4-6-18(15(14)2)22-20(25)13-23(3)12-19(24)17-9-7-16(11-21)8-10-17/h4-10,19,24H,12-13H2,1-3H3,(H,22,25). The fourth-order valence-corrected chi connectivity index (χ4v) is 2.57. The molecule has 0 aliphatic carbocycles. The molecule has 2 aromatic carbocycles. The molecule has 1 unspecified atom stereocenters. The van der Waals surface area contributed by atoms with Crippen LogP contribution in [0.5, 0.6) is 0 Å². The minimum Gasteiger partial charge on any atom is -0.387 e. The van der Waals surface area contributed by atoms with Gasteiger partial charge in [0.15, 0.2) is 0 Å². The second-order valence-corrected chi connectivity index (χ2v) is 6.24. The third-order valence-corrected chi connectivity index (χ3v) is 4.20. The van der Waals surface area contributed by atoms with Crippen LogP contribution in [-0.2, 0) is 4.79 Å². The Labute approximate surface area is 148 Å². The molecule has 0 aliphatic rings. The lowest BCUT2D eigenvalue weighted by molar-refractivity contribution is -0.117. The lowest BCUT2D eigenvalue weighted by Gasteiger charge is -2.21. The molecular weight excluding hydrogens is 314 g/mol. The van der Waals surface area contributed by atoms with E-state index in [0.717, 1.165) is 22.4 Å². The van der Waals surface area contributed by atoms with Gasteiger partial charge in [-0.2, -0.15) is 5.26 Å². The van der Waals surface area contributed by atoms with Crippen molar-refractivity contribution in [3.8, 4) is 6.07 Å². The van der Waals surface area contributed by atoms with Gasteiger partial charge in [-0.1, -0.05) is 24.3 Å². The van der Waals surface area contributed by atoms with Crippen molar-refractivity contribution in [1.29, 1.82) is 5.26 Å². The zero-order valence-electron chi connectivity index (χ0n) is 14.8. The molecule has 0 saturated heterocycles. The highest BCUT2D eigenvalue weighted by Gasteiger charge is 2.14. The first kappa shape index (κ1) is 18.7. The molecule has 0 aliphatic heterocycles. The number of aliphatic hydroxyl groups is 1. The highest BCUT2D eigenvalue weighted by atomic mass is 16.3. The Hall–Kier alpha value is -2.68. The van der Waals surface area contributed by atoms with Crippen molar-refractivity contribution < 1.29 is 9.90 Å². The Morgan fingerprint density at radius 3 is 2.56 bits per heavy atom. The summed E-state index contributed by atoms with van der Waals surface area (Å²) in [4.78, 5) is 14.0. The third-order valence-electron chi connectivity index (χ3n) is 4.20. The average molecular weight is 337 g/mol. The molecule has 0 spiro atoms. The van der Waals surface area contributed by atoms with E-state index in [0.29, 0.717) is 12.1 Å². The molecule has 0 radical (unpaired) electrons. The molecule has 0 bridgehead atoms. The Morgan fingerprint density at radius 2 is 1.92 bits per heavy atom. The number of nitrogens with zero attached hydrogens (tertiary/aromatic N) is 2. The minimum absolute atomic E-state index is 0.122. The van der Waals surface area contributed by atoms with Crippen LogP contribution in [0.4, 0.5) is 5.69 Å². The van der Waals surface area contributed by atoms with Crippen molar-refractivity contribution in [3.63, 3.8) is 0 Å². The molecule has 2 rings (SSSR count). The molecule has 2 N–H and O–H groups in total. The van der Waals surface area contributed by atoms with Gasteiger partial charge in [-0.05, 0) is 55.8 Å². The highest BCUT2D eigenvalue weighted by molar-refractivity contribution is 5.93. The Morgan fingerprint density at radius 1 is 1.24 bits per heavy atom. The number of benzene rings is 2. The van der Waals surface area contributed by atoms with Crippen LogP contribution in [0.2, 0.25) is 0 Å². The number of likely N-dealkylation sites (N-methyl/N-ethyl adjacent to an activating group) is 1. The van der Waals surface area contributed by atoms with Gasteiger partial charge >= 0.3 is 0 Å². The number of carbonyl (C=O) groups excluding carboxylic acids is 1. The number of nitriles is 1. The van der Waals surface area contributed by atoms with Crippen LogP contribution in [0.15, 0.2) is 42.5 Å². The van der Waals surface area contributed by atoms with Crippen LogP contribution in [-0.4, -0.2) is 36.1 Å². The quantitative estimate of drug-likeness (QED) is 0.850. The molecule has 1 amide bonds. The first-order valence-corrected chi connectivity index (χ1v) is 8.13. The van der Waals surface area contributed by atoms with E-state index >= 15 is 0 Å². The van der Waals surface area contributed by atoms with Gasteiger partial charge in [-0.25, -0.2) is 0 Å². The van der Waals surface area contributed by atoms with Gasteiger partial charge in [0.1, 0.15) is 0 Å². The fraction of sp³-hybridized carbons (Fsp3) is 0.300. The van der Waals surface area contributed by atoms with Crippen molar-refractivity contribution >= 4 is 11.6 Å². The van der Waals surface area contributed by atoms with Crippen molar-refractivity contribution in [2.24, 2.45) is 0 Å². The van der Waals surface area contributed by atoms with Gasteiger partial charge in [0.2, 0.25) is 5.91 Å². The molecule has 2 aromatic rings. The van der Waals surface area contributed by atoms with E-state index in [1.54, 1.807) is 36.2 Å². The van der Waals surface area contributed by atoms with E-state index in [4.69, 9.17) is 5.26 Å². The average Bonchev–Trinajstić information content (AvgIpc) is 2.58. The summed E-state index contributed by atoms with van der Waals surface area (Å²) in [5.74, 6) is -0.122. The second kappa shape index (κ2) is 8.43. The topological polar surface area (TPSA) is 76.4 Å². The summed E-state index contributed by atoms with van der Waals surface area (Å²) in [6, 6.07) is 14.6. The molecule has 25 heavy (non-hydrogen) atoms. The van der Waals surface area contributed by atoms with Crippen LogP contribution < -0.4 is 5.32 Å². The van der Waals surface area contributed by atoms with E-state index in [2.05, 4.69) is 5.32 Å². The molecule has 0 heterocycles. The maximum atomic E-state index is 12.2. The molecule has 5 nitrogen and oxygen atoms in total.